The lowest BCUT2D eigenvalue weighted by Crippen LogP contribution is -2.56. The second-order valence-corrected chi connectivity index (χ2v) is 8.20. The fourth-order valence-corrected chi connectivity index (χ4v) is 4.36. The molecule has 0 atom stereocenters. The number of amides is 1. The molecule has 0 radical (unpaired) electrons. The van der Waals surface area contributed by atoms with Crippen LogP contribution in [0.3, 0.4) is 0 Å². The van der Waals surface area contributed by atoms with Gasteiger partial charge in [0, 0.05) is 24.1 Å². The number of hydrogen-bond donors (Lipinski definition) is 1. The number of carbonyl (C=O) groups excluding carboxylic acids is 2. The molecule has 0 spiro atoms. The van der Waals surface area contributed by atoms with Crippen molar-refractivity contribution in [1.29, 1.82) is 0 Å². The molecule has 0 saturated carbocycles. The molecule has 5 nitrogen and oxygen atoms in total. The van der Waals surface area contributed by atoms with Gasteiger partial charge in [0.2, 0.25) is 0 Å². The highest BCUT2D eigenvalue weighted by Crippen LogP contribution is 2.28. The van der Waals surface area contributed by atoms with Crippen LogP contribution >= 0.6 is 0 Å². The maximum atomic E-state index is 13.0. The Kier molecular flexibility index (Phi) is 6.70. The van der Waals surface area contributed by atoms with Gasteiger partial charge in [-0.05, 0) is 25.0 Å². The van der Waals surface area contributed by atoms with Gasteiger partial charge in [0.05, 0.1) is 26.1 Å². The van der Waals surface area contributed by atoms with Crippen LogP contribution in [-0.2, 0) is 20.9 Å². The van der Waals surface area contributed by atoms with Gasteiger partial charge in [-0.25, -0.2) is 0 Å². The van der Waals surface area contributed by atoms with Crippen LogP contribution in [0.25, 0.3) is 0 Å². The van der Waals surface area contributed by atoms with Crippen LogP contribution in [0.15, 0.2) is 48.5 Å². The summed E-state index contributed by atoms with van der Waals surface area (Å²) in [6.45, 7) is 6.78. The summed E-state index contributed by atoms with van der Waals surface area (Å²) in [5, 5.41) is 3.14. The number of ether oxygens (including phenoxy) is 1. The summed E-state index contributed by atoms with van der Waals surface area (Å²) >= 11 is 0. The third-order valence-electron chi connectivity index (χ3n) is 6.02. The summed E-state index contributed by atoms with van der Waals surface area (Å²) in [4.78, 5) is 25.0. The van der Waals surface area contributed by atoms with Crippen LogP contribution in [0.5, 0.6) is 0 Å². The first-order chi connectivity index (χ1) is 13.9. The predicted octanol–water partition coefficient (Wildman–Crippen LogP) is 3.84. The largest absolute Gasteiger partial charge is 0.469 e. The van der Waals surface area contributed by atoms with Gasteiger partial charge >= 0.3 is 5.97 Å². The molecule has 1 saturated heterocycles. The van der Waals surface area contributed by atoms with Gasteiger partial charge in [0.25, 0.3) is 5.91 Å². The van der Waals surface area contributed by atoms with E-state index in [-0.39, 0.29) is 17.8 Å². The van der Waals surface area contributed by atoms with E-state index in [4.69, 9.17) is 4.74 Å². The Balaban J connectivity index is 1.76. The Labute approximate surface area is 173 Å². The molecule has 29 heavy (non-hydrogen) atoms. The van der Waals surface area contributed by atoms with Gasteiger partial charge in [0.15, 0.2) is 6.54 Å². The normalized spacial score (nSPS) is 21.4. The maximum Gasteiger partial charge on any atom is 0.309 e. The fraction of sp³-hybridized carbons (Fsp3) is 0.417. The Bertz CT molecular complexity index is 835. The number of anilines is 1. The number of nitrogens with one attached hydrogen (secondary N) is 1. The number of aryl methyl sites for hydroxylation is 2. The number of hydrogen-bond acceptors (Lipinski definition) is 3. The number of quaternary nitrogens is 1. The van der Waals surface area contributed by atoms with E-state index in [0.29, 0.717) is 11.0 Å². The lowest BCUT2D eigenvalue weighted by atomic mass is 9.94. The molecule has 2 aromatic rings. The average molecular weight is 396 g/mol. The maximum absolute atomic E-state index is 13.0. The number of methoxy groups -OCH3 is 1. The van der Waals surface area contributed by atoms with E-state index in [0.717, 1.165) is 49.3 Å². The minimum Gasteiger partial charge on any atom is -0.469 e. The van der Waals surface area contributed by atoms with Crippen molar-refractivity contribution in [3.63, 3.8) is 0 Å². The van der Waals surface area contributed by atoms with Crippen molar-refractivity contribution in [2.75, 3.05) is 32.1 Å². The van der Waals surface area contributed by atoms with Crippen molar-refractivity contribution in [2.45, 2.75) is 33.2 Å². The van der Waals surface area contributed by atoms with Crippen molar-refractivity contribution in [2.24, 2.45) is 5.92 Å². The molecule has 2 aromatic carbocycles. The summed E-state index contributed by atoms with van der Waals surface area (Å²) in [6.07, 6.45) is 1.49. The second-order valence-electron chi connectivity index (χ2n) is 8.20. The van der Waals surface area contributed by atoms with Crippen LogP contribution in [0.1, 0.15) is 29.5 Å². The minimum absolute atomic E-state index is 0.0230. The molecule has 0 aromatic heterocycles. The Morgan fingerprint density at radius 1 is 1.00 bits per heavy atom. The van der Waals surface area contributed by atoms with E-state index < -0.39 is 0 Å². The highest BCUT2D eigenvalue weighted by Gasteiger charge is 2.38. The Morgan fingerprint density at radius 3 is 2.21 bits per heavy atom. The van der Waals surface area contributed by atoms with Crippen LogP contribution in [0.2, 0.25) is 0 Å². The SMILES string of the molecule is COC(=O)C1CC[N+](CC(=O)Nc2c(C)cccc2C)(Cc2ccccc2)CC1. The average Bonchev–Trinajstić information content (AvgIpc) is 2.71. The summed E-state index contributed by atoms with van der Waals surface area (Å²) in [5.41, 5.74) is 4.25. The molecule has 0 aliphatic carbocycles. The number of esters is 1. The van der Waals surface area contributed by atoms with Gasteiger partial charge in [-0.15, -0.1) is 0 Å². The summed E-state index contributed by atoms with van der Waals surface area (Å²) < 4.78 is 5.60. The molecule has 1 fully saturated rings. The Hall–Kier alpha value is -2.66. The van der Waals surface area contributed by atoms with Crippen LogP contribution in [0, 0.1) is 19.8 Å². The van der Waals surface area contributed by atoms with Crippen LogP contribution in [-0.4, -0.2) is 43.1 Å². The van der Waals surface area contributed by atoms with Gasteiger partial charge in [-0.3, -0.25) is 9.59 Å². The van der Waals surface area contributed by atoms with E-state index in [9.17, 15) is 9.59 Å². The molecular formula is C24H31N2O3+. The van der Waals surface area contributed by atoms with E-state index in [1.807, 2.05) is 50.2 Å². The molecule has 1 aliphatic rings. The fourth-order valence-electron chi connectivity index (χ4n) is 4.36. The molecule has 0 unspecified atom stereocenters. The zero-order valence-corrected chi connectivity index (χ0v) is 17.6. The quantitative estimate of drug-likeness (QED) is 0.597. The van der Waals surface area contributed by atoms with Gasteiger partial charge in [-0.2, -0.15) is 0 Å². The van der Waals surface area contributed by atoms with Gasteiger partial charge < -0.3 is 14.5 Å². The third kappa shape index (κ3) is 5.24. The number of para-hydroxylation sites is 1. The second kappa shape index (κ2) is 9.23. The van der Waals surface area contributed by atoms with Crippen molar-refractivity contribution >= 4 is 17.6 Å². The third-order valence-corrected chi connectivity index (χ3v) is 6.02. The summed E-state index contributed by atoms with van der Waals surface area (Å²) in [6, 6.07) is 16.3. The number of likely N-dealkylation sites (tertiary alicyclic amines) is 1. The van der Waals surface area contributed by atoms with Crippen molar-refractivity contribution in [1.82, 2.24) is 0 Å². The molecule has 1 N–H and O–H groups in total. The molecule has 154 valence electrons. The molecule has 5 heteroatoms. The van der Waals surface area contributed by atoms with Crippen molar-refractivity contribution < 1.29 is 18.8 Å². The van der Waals surface area contributed by atoms with E-state index >= 15 is 0 Å². The smallest absolute Gasteiger partial charge is 0.309 e. The molecule has 1 heterocycles. The molecule has 0 bridgehead atoms. The van der Waals surface area contributed by atoms with Crippen molar-refractivity contribution in [3.05, 3.63) is 65.2 Å². The first-order valence-corrected chi connectivity index (χ1v) is 10.3. The van der Waals surface area contributed by atoms with E-state index in [1.165, 1.54) is 12.7 Å². The standard InChI is InChI=1S/C24H30N2O3/c1-18-8-7-9-19(2)23(18)25-22(27)17-26(16-20-10-5-4-6-11-20)14-12-21(13-15-26)24(28)29-3/h4-11,21H,12-17H2,1-3H3/p+1. The molecule has 3 rings (SSSR count). The zero-order valence-electron chi connectivity index (χ0n) is 17.6. The summed E-state index contributed by atoms with van der Waals surface area (Å²) in [7, 11) is 1.45. The lowest BCUT2D eigenvalue weighted by Gasteiger charge is -2.42. The first kappa shape index (κ1) is 21.1. The highest BCUT2D eigenvalue weighted by molar-refractivity contribution is 5.93. The number of piperidine rings is 1. The minimum atomic E-state index is -0.137. The van der Waals surface area contributed by atoms with Crippen LogP contribution in [0.4, 0.5) is 5.69 Å². The Morgan fingerprint density at radius 2 is 1.62 bits per heavy atom. The van der Waals surface area contributed by atoms with Crippen molar-refractivity contribution in [3.8, 4) is 0 Å². The summed E-state index contributed by atoms with van der Waals surface area (Å²) in [5.74, 6) is -0.180. The highest BCUT2D eigenvalue weighted by atomic mass is 16.5. The topological polar surface area (TPSA) is 55.4 Å². The van der Waals surface area contributed by atoms with E-state index in [2.05, 4.69) is 17.4 Å². The van der Waals surface area contributed by atoms with Gasteiger partial charge in [-0.1, -0.05) is 48.5 Å². The van der Waals surface area contributed by atoms with E-state index in [1.54, 1.807) is 0 Å². The molecule has 1 aliphatic heterocycles. The predicted molar refractivity (Wildman–Crippen MR) is 114 cm³/mol. The zero-order chi connectivity index (χ0) is 20.9. The molecular weight excluding hydrogens is 364 g/mol. The first-order valence-electron chi connectivity index (χ1n) is 10.3. The van der Waals surface area contributed by atoms with Gasteiger partial charge in [0.1, 0.15) is 6.54 Å². The molecule has 1 amide bonds. The lowest BCUT2D eigenvalue weighted by molar-refractivity contribution is -0.938. The number of rotatable bonds is 6. The van der Waals surface area contributed by atoms with Crippen LogP contribution < -0.4 is 5.32 Å². The monoisotopic (exact) mass is 395 g/mol. The number of benzene rings is 2. The number of carbonyl (C=O) groups is 2. The number of nitrogens with zero attached hydrogens (tertiary/aromatic N) is 1.